The lowest BCUT2D eigenvalue weighted by atomic mass is 10.00. The second-order valence-electron chi connectivity index (χ2n) is 4.41. The first kappa shape index (κ1) is 13.3. The van der Waals surface area contributed by atoms with Gasteiger partial charge in [-0.3, -0.25) is 0 Å². The molecule has 0 amide bonds. The van der Waals surface area contributed by atoms with E-state index in [-0.39, 0.29) is 0 Å². The van der Waals surface area contributed by atoms with Crippen LogP contribution in [0.5, 0.6) is 0 Å². The Kier molecular flexibility index (Phi) is 4.56. The highest BCUT2D eigenvalue weighted by molar-refractivity contribution is 9.10. The van der Waals surface area contributed by atoms with Crippen LogP contribution in [0.25, 0.3) is 0 Å². The molecule has 2 aromatic rings. The molecule has 2 aromatic carbocycles. The Morgan fingerprint density at radius 2 is 1.72 bits per heavy atom. The molecule has 0 saturated carbocycles. The molecule has 0 radical (unpaired) electrons. The predicted molar refractivity (Wildman–Crippen MR) is 78.6 cm³/mol. The average Bonchev–Trinajstić information content (AvgIpc) is 2.41. The van der Waals surface area contributed by atoms with Crippen molar-refractivity contribution in [3.05, 3.63) is 69.7 Å². The SMILES string of the molecule is CCc1ccc(C(O)Cc2ccccc2Br)cc1. The van der Waals surface area contributed by atoms with E-state index in [1.807, 2.05) is 36.4 Å². The quantitative estimate of drug-likeness (QED) is 0.893. The van der Waals surface area contributed by atoms with Gasteiger partial charge in [-0.1, -0.05) is 65.3 Å². The summed E-state index contributed by atoms with van der Waals surface area (Å²) in [6, 6.07) is 16.2. The van der Waals surface area contributed by atoms with Gasteiger partial charge in [0.15, 0.2) is 0 Å². The van der Waals surface area contributed by atoms with E-state index >= 15 is 0 Å². The van der Waals surface area contributed by atoms with Crippen molar-refractivity contribution in [3.8, 4) is 0 Å². The zero-order chi connectivity index (χ0) is 13.0. The normalized spacial score (nSPS) is 12.4. The topological polar surface area (TPSA) is 20.2 Å². The average molecular weight is 305 g/mol. The van der Waals surface area contributed by atoms with E-state index in [1.54, 1.807) is 0 Å². The fourth-order valence-corrected chi connectivity index (χ4v) is 2.41. The molecule has 1 unspecified atom stereocenters. The van der Waals surface area contributed by atoms with E-state index in [9.17, 15) is 5.11 Å². The van der Waals surface area contributed by atoms with Gasteiger partial charge in [-0.2, -0.15) is 0 Å². The third kappa shape index (κ3) is 3.21. The molecule has 2 heteroatoms. The zero-order valence-corrected chi connectivity index (χ0v) is 12.0. The van der Waals surface area contributed by atoms with E-state index in [2.05, 4.69) is 35.0 Å². The highest BCUT2D eigenvalue weighted by Gasteiger charge is 2.10. The summed E-state index contributed by atoms with van der Waals surface area (Å²) >= 11 is 3.51. The fourth-order valence-electron chi connectivity index (χ4n) is 1.97. The maximum atomic E-state index is 10.2. The van der Waals surface area contributed by atoms with Crippen molar-refractivity contribution >= 4 is 15.9 Å². The van der Waals surface area contributed by atoms with E-state index in [0.717, 1.165) is 22.0 Å². The second kappa shape index (κ2) is 6.17. The Balaban J connectivity index is 2.11. The van der Waals surface area contributed by atoms with Gasteiger partial charge in [0.05, 0.1) is 6.10 Å². The van der Waals surface area contributed by atoms with Crippen LogP contribution in [0.1, 0.15) is 29.7 Å². The van der Waals surface area contributed by atoms with Gasteiger partial charge in [0.1, 0.15) is 0 Å². The van der Waals surface area contributed by atoms with Crippen molar-refractivity contribution in [1.82, 2.24) is 0 Å². The van der Waals surface area contributed by atoms with E-state index < -0.39 is 6.10 Å². The molecule has 0 saturated heterocycles. The van der Waals surface area contributed by atoms with Gasteiger partial charge in [0.25, 0.3) is 0 Å². The lowest BCUT2D eigenvalue weighted by Crippen LogP contribution is -2.02. The smallest absolute Gasteiger partial charge is 0.0830 e. The highest BCUT2D eigenvalue weighted by atomic mass is 79.9. The number of rotatable bonds is 4. The van der Waals surface area contributed by atoms with Gasteiger partial charge in [0.2, 0.25) is 0 Å². The summed E-state index contributed by atoms with van der Waals surface area (Å²) in [5.74, 6) is 0. The fraction of sp³-hybridized carbons (Fsp3) is 0.250. The van der Waals surface area contributed by atoms with Crippen LogP contribution >= 0.6 is 15.9 Å². The van der Waals surface area contributed by atoms with Crippen molar-refractivity contribution in [3.63, 3.8) is 0 Å². The van der Waals surface area contributed by atoms with Gasteiger partial charge in [-0.05, 0) is 29.2 Å². The van der Waals surface area contributed by atoms with Crippen LogP contribution in [0.2, 0.25) is 0 Å². The molecule has 0 aliphatic carbocycles. The molecule has 0 bridgehead atoms. The van der Waals surface area contributed by atoms with Crippen LogP contribution in [-0.4, -0.2) is 5.11 Å². The van der Waals surface area contributed by atoms with Crippen LogP contribution in [0, 0.1) is 0 Å². The van der Waals surface area contributed by atoms with Crippen molar-refractivity contribution in [2.45, 2.75) is 25.9 Å². The zero-order valence-electron chi connectivity index (χ0n) is 10.4. The third-order valence-corrected chi connectivity index (χ3v) is 3.92. The maximum Gasteiger partial charge on any atom is 0.0830 e. The first-order valence-electron chi connectivity index (χ1n) is 6.21. The van der Waals surface area contributed by atoms with Crippen LogP contribution in [0.3, 0.4) is 0 Å². The van der Waals surface area contributed by atoms with E-state index in [0.29, 0.717) is 6.42 Å². The Labute approximate surface area is 117 Å². The van der Waals surface area contributed by atoms with Crippen LogP contribution in [0.4, 0.5) is 0 Å². The molecule has 0 heterocycles. The molecule has 0 aliphatic heterocycles. The monoisotopic (exact) mass is 304 g/mol. The summed E-state index contributed by atoms with van der Waals surface area (Å²) in [7, 11) is 0. The number of aliphatic hydroxyl groups is 1. The summed E-state index contributed by atoms with van der Waals surface area (Å²) < 4.78 is 1.05. The van der Waals surface area contributed by atoms with Crippen LogP contribution in [0.15, 0.2) is 53.0 Å². The van der Waals surface area contributed by atoms with Gasteiger partial charge in [-0.15, -0.1) is 0 Å². The maximum absolute atomic E-state index is 10.2. The van der Waals surface area contributed by atoms with Gasteiger partial charge >= 0.3 is 0 Å². The van der Waals surface area contributed by atoms with Crippen molar-refractivity contribution < 1.29 is 5.11 Å². The van der Waals surface area contributed by atoms with Crippen LogP contribution in [-0.2, 0) is 12.8 Å². The minimum absolute atomic E-state index is 0.449. The summed E-state index contributed by atoms with van der Waals surface area (Å²) in [5.41, 5.74) is 3.40. The number of aryl methyl sites for hydroxylation is 1. The van der Waals surface area contributed by atoms with Gasteiger partial charge in [-0.25, -0.2) is 0 Å². The Morgan fingerprint density at radius 1 is 1.06 bits per heavy atom. The molecule has 0 fully saturated rings. The number of benzene rings is 2. The molecule has 0 aliphatic rings. The first-order valence-corrected chi connectivity index (χ1v) is 7.00. The van der Waals surface area contributed by atoms with Gasteiger partial charge < -0.3 is 5.11 Å². The van der Waals surface area contributed by atoms with Crippen molar-refractivity contribution in [1.29, 1.82) is 0 Å². The number of hydrogen-bond donors (Lipinski definition) is 1. The Hall–Kier alpha value is -1.12. The van der Waals surface area contributed by atoms with E-state index in [1.165, 1.54) is 5.56 Å². The Morgan fingerprint density at radius 3 is 2.33 bits per heavy atom. The minimum Gasteiger partial charge on any atom is -0.388 e. The standard InChI is InChI=1S/C16H17BrO/c1-2-12-7-9-13(10-8-12)16(18)11-14-5-3-4-6-15(14)17/h3-10,16,18H,2,11H2,1H3. The summed E-state index contributed by atoms with van der Waals surface area (Å²) in [4.78, 5) is 0. The molecular weight excluding hydrogens is 288 g/mol. The van der Waals surface area contributed by atoms with Crippen molar-refractivity contribution in [2.75, 3.05) is 0 Å². The number of aliphatic hydroxyl groups excluding tert-OH is 1. The molecule has 94 valence electrons. The Bertz CT molecular complexity index is 505. The third-order valence-electron chi connectivity index (χ3n) is 3.14. The second-order valence-corrected chi connectivity index (χ2v) is 5.26. The summed E-state index contributed by atoms with van der Waals surface area (Å²) in [5, 5.41) is 10.2. The lowest BCUT2D eigenvalue weighted by molar-refractivity contribution is 0.178. The van der Waals surface area contributed by atoms with Crippen molar-refractivity contribution in [2.24, 2.45) is 0 Å². The molecule has 2 rings (SSSR count). The first-order chi connectivity index (χ1) is 8.70. The van der Waals surface area contributed by atoms with E-state index in [4.69, 9.17) is 0 Å². The number of hydrogen-bond acceptors (Lipinski definition) is 1. The van der Waals surface area contributed by atoms with Gasteiger partial charge in [0, 0.05) is 10.9 Å². The molecule has 0 spiro atoms. The number of halogens is 1. The summed E-state index contributed by atoms with van der Waals surface area (Å²) in [6.45, 7) is 2.13. The molecule has 1 nitrogen and oxygen atoms in total. The molecule has 0 aromatic heterocycles. The lowest BCUT2D eigenvalue weighted by Gasteiger charge is -2.12. The van der Waals surface area contributed by atoms with Crippen LogP contribution < -0.4 is 0 Å². The summed E-state index contributed by atoms with van der Waals surface area (Å²) in [6.07, 6.45) is 1.21. The predicted octanol–water partition coefficient (Wildman–Crippen LogP) is 4.29. The highest BCUT2D eigenvalue weighted by Crippen LogP contribution is 2.23. The molecular formula is C16H17BrO. The molecule has 1 N–H and O–H groups in total. The molecule has 1 atom stereocenters. The largest absolute Gasteiger partial charge is 0.388 e. The minimum atomic E-state index is -0.449. The molecule has 18 heavy (non-hydrogen) atoms.